The van der Waals surface area contributed by atoms with Crippen molar-refractivity contribution in [2.75, 3.05) is 45.7 Å². The lowest BCUT2D eigenvalue weighted by Gasteiger charge is -2.26. The fourth-order valence-electron chi connectivity index (χ4n) is 3.92. The molecule has 39 heavy (non-hydrogen) atoms. The Morgan fingerprint density at radius 2 is 1.85 bits per heavy atom. The van der Waals surface area contributed by atoms with Crippen LogP contribution in [0.4, 0.5) is 0 Å². The number of nitrogens with zero attached hydrogens (tertiary/aromatic N) is 4. The number of ketones is 1. The number of benzene rings is 2. The maximum absolute atomic E-state index is 13.0. The van der Waals surface area contributed by atoms with E-state index in [1.54, 1.807) is 22.8 Å². The maximum Gasteiger partial charge on any atom is 0.243 e. The summed E-state index contributed by atoms with van der Waals surface area (Å²) < 4.78 is 39.3. The molecule has 0 radical (unpaired) electrons. The van der Waals surface area contributed by atoms with Crippen LogP contribution in [0.3, 0.4) is 0 Å². The summed E-state index contributed by atoms with van der Waals surface area (Å²) in [7, 11) is -2.12. The third-order valence-corrected chi connectivity index (χ3v) is 9.07. The van der Waals surface area contributed by atoms with E-state index in [1.165, 1.54) is 54.4 Å². The van der Waals surface area contributed by atoms with Gasteiger partial charge in [-0.3, -0.25) is 14.2 Å². The lowest BCUT2D eigenvalue weighted by Crippen LogP contribution is -2.40. The van der Waals surface area contributed by atoms with Gasteiger partial charge in [0.1, 0.15) is 11.6 Å². The van der Waals surface area contributed by atoms with Crippen LogP contribution in [0.2, 0.25) is 5.02 Å². The number of Topliss-reactive ketones (excluding diaryl/α,β-unsaturated/α-hetero) is 1. The lowest BCUT2D eigenvalue weighted by molar-refractivity contribution is -0.118. The quantitative estimate of drug-likeness (QED) is 0.263. The molecule has 0 saturated carbocycles. The minimum atomic E-state index is -3.65. The number of ether oxygens (including phenoxy) is 2. The van der Waals surface area contributed by atoms with Crippen LogP contribution < -0.4 is 10.1 Å². The molecular weight excluding hydrogens is 566 g/mol. The van der Waals surface area contributed by atoms with Gasteiger partial charge in [-0.1, -0.05) is 35.5 Å². The number of methoxy groups -OCH3 is 1. The zero-order chi connectivity index (χ0) is 28.0. The average Bonchev–Trinajstić information content (AvgIpc) is 3.34. The van der Waals surface area contributed by atoms with Crippen molar-refractivity contribution in [3.63, 3.8) is 0 Å². The van der Waals surface area contributed by atoms with Crippen molar-refractivity contribution in [1.82, 2.24) is 24.4 Å². The summed E-state index contributed by atoms with van der Waals surface area (Å²) in [6.07, 6.45) is 0.407. The Hall–Kier alpha value is -2.97. The molecule has 1 aliphatic rings. The van der Waals surface area contributed by atoms with E-state index >= 15 is 0 Å². The number of amides is 1. The molecular formula is C25H28ClN5O6S2. The fourth-order valence-corrected chi connectivity index (χ4v) is 6.45. The molecule has 1 N–H and O–H groups in total. The van der Waals surface area contributed by atoms with Gasteiger partial charge in [0.05, 0.1) is 41.7 Å². The van der Waals surface area contributed by atoms with E-state index in [1.807, 2.05) is 0 Å². The van der Waals surface area contributed by atoms with Crippen LogP contribution >= 0.6 is 23.4 Å². The van der Waals surface area contributed by atoms with Crippen molar-refractivity contribution in [1.29, 1.82) is 0 Å². The molecule has 0 unspecified atom stereocenters. The van der Waals surface area contributed by atoms with Gasteiger partial charge in [0, 0.05) is 38.5 Å². The Kier molecular flexibility index (Phi) is 9.62. The van der Waals surface area contributed by atoms with Crippen molar-refractivity contribution in [3.8, 4) is 11.4 Å². The number of thioether (sulfide) groups is 1. The maximum atomic E-state index is 13.0. The highest BCUT2D eigenvalue weighted by molar-refractivity contribution is 7.99. The van der Waals surface area contributed by atoms with Crippen LogP contribution in [0.1, 0.15) is 23.1 Å². The SMILES string of the molecule is COc1ccc(-n2c(CCNC(C)=O)nnc2SCC(=O)c2ccc(S(=O)(=O)N3CCOCC3)cc2)cc1Cl. The van der Waals surface area contributed by atoms with Gasteiger partial charge in [-0.15, -0.1) is 10.2 Å². The highest BCUT2D eigenvalue weighted by Crippen LogP contribution is 2.30. The first-order valence-electron chi connectivity index (χ1n) is 12.1. The molecule has 1 aromatic heterocycles. The molecule has 1 aliphatic heterocycles. The van der Waals surface area contributed by atoms with Crippen molar-refractivity contribution in [2.45, 2.75) is 23.4 Å². The number of nitrogens with one attached hydrogen (secondary N) is 1. The lowest BCUT2D eigenvalue weighted by atomic mass is 10.1. The van der Waals surface area contributed by atoms with Gasteiger partial charge in [0.25, 0.3) is 0 Å². The number of halogens is 1. The zero-order valence-corrected chi connectivity index (χ0v) is 23.8. The molecule has 3 aromatic rings. The Bertz CT molecular complexity index is 1440. The van der Waals surface area contributed by atoms with E-state index in [-0.39, 0.29) is 22.3 Å². The van der Waals surface area contributed by atoms with Gasteiger partial charge in [0.15, 0.2) is 10.9 Å². The van der Waals surface area contributed by atoms with Crippen molar-refractivity contribution in [3.05, 3.63) is 58.9 Å². The van der Waals surface area contributed by atoms with Crippen LogP contribution in [0, 0.1) is 0 Å². The van der Waals surface area contributed by atoms with Crippen molar-refractivity contribution >= 4 is 45.1 Å². The number of sulfonamides is 1. The second-order valence-corrected chi connectivity index (χ2v) is 11.8. The highest BCUT2D eigenvalue weighted by atomic mass is 35.5. The Balaban J connectivity index is 1.50. The number of rotatable bonds is 11. The third kappa shape index (κ3) is 6.97. The number of morpholine rings is 1. The minimum Gasteiger partial charge on any atom is -0.495 e. The summed E-state index contributed by atoms with van der Waals surface area (Å²) in [5.74, 6) is 0.785. The highest BCUT2D eigenvalue weighted by Gasteiger charge is 2.26. The van der Waals surface area contributed by atoms with Crippen LogP contribution in [-0.2, 0) is 26.0 Å². The molecule has 1 fully saturated rings. The van der Waals surface area contributed by atoms with E-state index in [0.29, 0.717) is 72.3 Å². The topological polar surface area (TPSA) is 133 Å². The molecule has 0 bridgehead atoms. The predicted molar refractivity (Wildman–Crippen MR) is 146 cm³/mol. The smallest absolute Gasteiger partial charge is 0.243 e. The number of aromatic nitrogens is 3. The first-order chi connectivity index (χ1) is 18.7. The molecule has 4 rings (SSSR count). The standard InChI is InChI=1S/C25H28ClN5O6S2/c1-17(32)27-10-9-24-28-29-25(31(24)19-5-8-23(36-2)21(26)15-19)38-16-22(33)18-3-6-20(7-4-18)39(34,35)30-11-13-37-14-12-30/h3-8,15H,9-14,16H2,1-2H3,(H,27,32). The van der Waals surface area contributed by atoms with Gasteiger partial charge in [-0.25, -0.2) is 8.42 Å². The fraction of sp³-hybridized carbons (Fsp3) is 0.360. The Morgan fingerprint density at radius 3 is 2.49 bits per heavy atom. The first-order valence-corrected chi connectivity index (χ1v) is 14.9. The van der Waals surface area contributed by atoms with Gasteiger partial charge < -0.3 is 14.8 Å². The molecule has 14 heteroatoms. The molecule has 1 amide bonds. The number of hydrogen-bond acceptors (Lipinski definition) is 9. The molecule has 0 atom stereocenters. The zero-order valence-electron chi connectivity index (χ0n) is 21.4. The summed E-state index contributed by atoms with van der Waals surface area (Å²) in [5.41, 5.74) is 1.06. The predicted octanol–water partition coefficient (Wildman–Crippen LogP) is 2.60. The summed E-state index contributed by atoms with van der Waals surface area (Å²) in [6.45, 7) is 3.11. The van der Waals surface area contributed by atoms with Crippen LogP contribution in [0.25, 0.3) is 5.69 Å². The normalized spacial score (nSPS) is 14.2. The summed E-state index contributed by atoms with van der Waals surface area (Å²) in [6, 6.07) is 11.2. The molecule has 11 nitrogen and oxygen atoms in total. The summed E-state index contributed by atoms with van der Waals surface area (Å²) in [5, 5.41) is 12.1. The minimum absolute atomic E-state index is 0.0449. The molecule has 2 heterocycles. The van der Waals surface area contributed by atoms with E-state index in [2.05, 4.69) is 15.5 Å². The van der Waals surface area contributed by atoms with Crippen molar-refractivity contribution < 1.29 is 27.5 Å². The second kappa shape index (κ2) is 12.9. The van der Waals surface area contributed by atoms with Crippen molar-refractivity contribution in [2.24, 2.45) is 0 Å². The Morgan fingerprint density at radius 1 is 1.13 bits per heavy atom. The van der Waals surface area contributed by atoms with E-state index in [4.69, 9.17) is 21.1 Å². The van der Waals surface area contributed by atoms with Crippen LogP contribution in [0.5, 0.6) is 5.75 Å². The largest absolute Gasteiger partial charge is 0.495 e. The molecule has 0 spiro atoms. The van der Waals surface area contributed by atoms with E-state index in [0.717, 1.165) is 0 Å². The average molecular weight is 594 g/mol. The molecule has 0 aliphatic carbocycles. The third-order valence-electron chi connectivity index (χ3n) is 5.93. The molecule has 208 valence electrons. The number of carbonyl (C=O) groups excluding carboxylic acids is 2. The van der Waals surface area contributed by atoms with Crippen LogP contribution in [-0.4, -0.2) is 84.9 Å². The second-order valence-electron chi connectivity index (χ2n) is 8.54. The van der Waals surface area contributed by atoms with E-state index in [9.17, 15) is 18.0 Å². The molecule has 1 saturated heterocycles. The number of carbonyl (C=O) groups is 2. The van der Waals surface area contributed by atoms with Gasteiger partial charge in [-0.2, -0.15) is 4.31 Å². The first kappa shape index (κ1) is 29.0. The van der Waals surface area contributed by atoms with Crippen LogP contribution in [0.15, 0.2) is 52.5 Å². The van der Waals surface area contributed by atoms with Gasteiger partial charge in [-0.05, 0) is 30.3 Å². The van der Waals surface area contributed by atoms with E-state index < -0.39 is 10.0 Å². The van der Waals surface area contributed by atoms with Gasteiger partial charge in [0.2, 0.25) is 15.9 Å². The summed E-state index contributed by atoms with van der Waals surface area (Å²) >= 11 is 7.54. The Labute approximate surface area is 235 Å². The van der Waals surface area contributed by atoms with Gasteiger partial charge >= 0.3 is 0 Å². The molecule has 2 aromatic carbocycles. The summed E-state index contributed by atoms with van der Waals surface area (Å²) in [4.78, 5) is 24.4. The number of hydrogen-bond donors (Lipinski definition) is 1. The monoisotopic (exact) mass is 593 g/mol.